The maximum atomic E-state index is 12.0. The highest BCUT2D eigenvalue weighted by atomic mass is 19.4. The van der Waals surface area contributed by atoms with Crippen LogP contribution in [0.3, 0.4) is 0 Å². The third-order valence-electron chi connectivity index (χ3n) is 1.78. The van der Waals surface area contributed by atoms with Gasteiger partial charge in [-0.15, -0.1) is 0 Å². The number of methoxy groups -OCH3 is 1. The van der Waals surface area contributed by atoms with Gasteiger partial charge in [-0.3, -0.25) is 9.69 Å². The van der Waals surface area contributed by atoms with Gasteiger partial charge in [0.05, 0.1) is 13.2 Å². The van der Waals surface area contributed by atoms with Crippen molar-refractivity contribution in [2.45, 2.75) is 12.3 Å². The summed E-state index contributed by atoms with van der Waals surface area (Å²) in [5.41, 5.74) is 0. The third kappa shape index (κ3) is 6.59. The summed E-state index contributed by atoms with van der Waals surface area (Å²) in [5, 5.41) is 17.2. The molecule has 0 rings (SSSR count). The van der Waals surface area contributed by atoms with E-state index in [2.05, 4.69) is 4.74 Å². The molecule has 8 heteroatoms. The van der Waals surface area contributed by atoms with Crippen LogP contribution in [-0.2, 0) is 9.53 Å². The first-order chi connectivity index (χ1) is 7.27. The van der Waals surface area contributed by atoms with Crippen molar-refractivity contribution in [1.82, 2.24) is 4.90 Å². The van der Waals surface area contributed by atoms with Crippen LogP contribution in [0.15, 0.2) is 0 Å². The SMILES string of the molecule is COCCN(CC(=O)O)CC(O)C(F)(F)F. The van der Waals surface area contributed by atoms with Crippen molar-refractivity contribution in [1.29, 1.82) is 0 Å². The zero-order chi connectivity index (χ0) is 12.8. The number of rotatable bonds is 7. The second-order valence-electron chi connectivity index (χ2n) is 3.18. The quantitative estimate of drug-likeness (QED) is 0.657. The van der Waals surface area contributed by atoms with Gasteiger partial charge in [-0.2, -0.15) is 13.2 Å². The Morgan fingerprint density at radius 2 is 2.06 bits per heavy atom. The molecule has 0 aliphatic heterocycles. The number of hydrogen-bond acceptors (Lipinski definition) is 4. The summed E-state index contributed by atoms with van der Waals surface area (Å²) in [6, 6.07) is 0. The summed E-state index contributed by atoms with van der Waals surface area (Å²) in [4.78, 5) is 11.3. The molecule has 0 spiro atoms. The molecule has 0 aliphatic rings. The number of carbonyl (C=O) groups is 1. The number of halogens is 3. The molecule has 0 amide bonds. The van der Waals surface area contributed by atoms with Crippen LogP contribution in [0.2, 0.25) is 0 Å². The fourth-order valence-corrected chi connectivity index (χ4v) is 0.995. The molecule has 0 heterocycles. The van der Waals surface area contributed by atoms with Crippen LogP contribution >= 0.6 is 0 Å². The molecule has 0 aliphatic carbocycles. The van der Waals surface area contributed by atoms with Gasteiger partial charge in [0.1, 0.15) is 0 Å². The van der Waals surface area contributed by atoms with Crippen molar-refractivity contribution in [3.05, 3.63) is 0 Å². The van der Waals surface area contributed by atoms with Crippen LogP contribution < -0.4 is 0 Å². The van der Waals surface area contributed by atoms with Gasteiger partial charge in [0.15, 0.2) is 6.10 Å². The number of nitrogens with zero attached hydrogens (tertiary/aromatic N) is 1. The number of carboxylic acid groups (broad SMARTS) is 1. The lowest BCUT2D eigenvalue weighted by atomic mass is 10.3. The van der Waals surface area contributed by atoms with Gasteiger partial charge in [0.25, 0.3) is 0 Å². The molecule has 96 valence electrons. The Morgan fingerprint density at radius 3 is 2.44 bits per heavy atom. The topological polar surface area (TPSA) is 70.0 Å². The molecule has 1 unspecified atom stereocenters. The van der Waals surface area contributed by atoms with Gasteiger partial charge in [-0.05, 0) is 0 Å². The molecule has 0 saturated carbocycles. The van der Waals surface area contributed by atoms with E-state index in [0.29, 0.717) is 0 Å². The smallest absolute Gasteiger partial charge is 0.415 e. The van der Waals surface area contributed by atoms with E-state index < -0.39 is 31.3 Å². The van der Waals surface area contributed by atoms with Crippen LogP contribution in [0.4, 0.5) is 13.2 Å². The largest absolute Gasteiger partial charge is 0.480 e. The van der Waals surface area contributed by atoms with Crippen molar-refractivity contribution < 1.29 is 32.9 Å². The molecular weight excluding hydrogens is 231 g/mol. The van der Waals surface area contributed by atoms with Gasteiger partial charge in [-0.1, -0.05) is 0 Å². The maximum absolute atomic E-state index is 12.0. The number of aliphatic hydroxyl groups excluding tert-OH is 1. The molecule has 0 aromatic rings. The van der Waals surface area contributed by atoms with Gasteiger partial charge < -0.3 is 14.9 Å². The van der Waals surface area contributed by atoms with E-state index in [-0.39, 0.29) is 13.2 Å². The minimum Gasteiger partial charge on any atom is -0.480 e. The first-order valence-corrected chi connectivity index (χ1v) is 4.45. The molecular formula is C8H14F3NO4. The average molecular weight is 245 g/mol. The van der Waals surface area contributed by atoms with Crippen molar-refractivity contribution in [2.24, 2.45) is 0 Å². The number of ether oxygens (including phenoxy) is 1. The second kappa shape index (κ2) is 6.66. The molecule has 16 heavy (non-hydrogen) atoms. The Labute approximate surface area is 90.4 Å². The van der Waals surface area contributed by atoms with E-state index in [9.17, 15) is 18.0 Å². The Morgan fingerprint density at radius 1 is 1.50 bits per heavy atom. The van der Waals surface area contributed by atoms with E-state index in [1.165, 1.54) is 7.11 Å². The van der Waals surface area contributed by atoms with E-state index in [0.717, 1.165) is 4.90 Å². The highest BCUT2D eigenvalue weighted by molar-refractivity contribution is 5.69. The van der Waals surface area contributed by atoms with Crippen molar-refractivity contribution in [3.63, 3.8) is 0 Å². The zero-order valence-electron chi connectivity index (χ0n) is 8.70. The fourth-order valence-electron chi connectivity index (χ4n) is 0.995. The lowest BCUT2D eigenvalue weighted by Gasteiger charge is -2.24. The molecule has 0 radical (unpaired) electrons. The monoisotopic (exact) mass is 245 g/mol. The van der Waals surface area contributed by atoms with Crippen molar-refractivity contribution in [3.8, 4) is 0 Å². The van der Waals surface area contributed by atoms with Gasteiger partial charge in [-0.25, -0.2) is 0 Å². The molecule has 0 bridgehead atoms. The summed E-state index contributed by atoms with van der Waals surface area (Å²) in [5.74, 6) is -1.26. The van der Waals surface area contributed by atoms with Gasteiger partial charge >= 0.3 is 12.1 Å². The van der Waals surface area contributed by atoms with Gasteiger partial charge in [0, 0.05) is 20.2 Å². The molecule has 5 nitrogen and oxygen atoms in total. The number of aliphatic hydroxyl groups is 1. The minimum atomic E-state index is -4.75. The number of aliphatic carboxylic acids is 1. The van der Waals surface area contributed by atoms with Crippen LogP contribution in [-0.4, -0.2) is 66.7 Å². The first-order valence-electron chi connectivity index (χ1n) is 4.45. The third-order valence-corrected chi connectivity index (χ3v) is 1.78. The second-order valence-corrected chi connectivity index (χ2v) is 3.18. The number of hydrogen-bond donors (Lipinski definition) is 2. The predicted molar refractivity (Wildman–Crippen MR) is 48.0 cm³/mol. The Balaban J connectivity index is 4.24. The first kappa shape index (κ1) is 15.1. The van der Waals surface area contributed by atoms with E-state index >= 15 is 0 Å². The average Bonchev–Trinajstić information content (AvgIpc) is 2.11. The number of alkyl halides is 3. The highest BCUT2D eigenvalue weighted by Crippen LogP contribution is 2.20. The number of carboxylic acids is 1. The summed E-state index contributed by atoms with van der Waals surface area (Å²) in [6.45, 7) is -1.25. The Hall–Kier alpha value is -0.860. The van der Waals surface area contributed by atoms with E-state index in [4.69, 9.17) is 10.2 Å². The Bertz CT molecular complexity index is 222. The summed E-state index contributed by atoms with van der Waals surface area (Å²) >= 11 is 0. The van der Waals surface area contributed by atoms with Crippen LogP contribution in [0.1, 0.15) is 0 Å². The van der Waals surface area contributed by atoms with Gasteiger partial charge in [0.2, 0.25) is 0 Å². The summed E-state index contributed by atoms with van der Waals surface area (Å²) in [7, 11) is 1.35. The van der Waals surface area contributed by atoms with Crippen LogP contribution in [0.25, 0.3) is 0 Å². The summed E-state index contributed by atoms with van der Waals surface area (Å²) in [6.07, 6.45) is -7.30. The molecule has 0 aromatic carbocycles. The predicted octanol–water partition coefficient (Wildman–Crippen LogP) is -0.0574. The minimum absolute atomic E-state index is 0.00986. The lowest BCUT2D eigenvalue weighted by Crippen LogP contribution is -2.44. The van der Waals surface area contributed by atoms with E-state index in [1.807, 2.05) is 0 Å². The standard InChI is InChI=1S/C8H14F3NO4/c1-16-3-2-12(5-7(14)15)4-6(13)8(9,10)11/h6,13H,2-5H2,1H3,(H,14,15). The lowest BCUT2D eigenvalue weighted by molar-refractivity contribution is -0.208. The fraction of sp³-hybridized carbons (Fsp3) is 0.875. The molecule has 2 N–H and O–H groups in total. The molecule has 1 atom stereocenters. The summed E-state index contributed by atoms with van der Waals surface area (Å²) < 4.78 is 40.7. The van der Waals surface area contributed by atoms with E-state index in [1.54, 1.807) is 0 Å². The maximum Gasteiger partial charge on any atom is 0.415 e. The van der Waals surface area contributed by atoms with Crippen molar-refractivity contribution in [2.75, 3.05) is 33.4 Å². The molecule has 0 aromatic heterocycles. The van der Waals surface area contributed by atoms with Crippen LogP contribution in [0.5, 0.6) is 0 Å². The van der Waals surface area contributed by atoms with Crippen LogP contribution in [0, 0.1) is 0 Å². The Kier molecular flexibility index (Phi) is 6.31. The normalized spacial score (nSPS) is 14.1. The molecule has 0 saturated heterocycles. The van der Waals surface area contributed by atoms with Crippen molar-refractivity contribution >= 4 is 5.97 Å². The zero-order valence-corrected chi connectivity index (χ0v) is 8.70. The molecule has 0 fully saturated rings. The highest BCUT2D eigenvalue weighted by Gasteiger charge is 2.39.